The number of dihydropyridines is 1. The third-order valence-corrected chi connectivity index (χ3v) is 6.73. The molecule has 0 unspecified atom stereocenters. The minimum Gasteiger partial charge on any atom is -0.497 e. The van der Waals surface area contributed by atoms with E-state index in [0.717, 1.165) is 22.6 Å². The van der Waals surface area contributed by atoms with Gasteiger partial charge in [-0.2, -0.15) is 0 Å². The molecule has 2 aliphatic rings. The lowest BCUT2D eigenvalue weighted by Crippen LogP contribution is -2.36. The Morgan fingerprint density at radius 2 is 1.61 bits per heavy atom. The molecule has 7 heteroatoms. The quantitative estimate of drug-likeness (QED) is 0.544. The number of esters is 1. The van der Waals surface area contributed by atoms with Crippen LogP contribution in [0.5, 0.6) is 17.2 Å². The molecule has 190 valence electrons. The van der Waals surface area contributed by atoms with E-state index in [-0.39, 0.29) is 17.8 Å². The second kappa shape index (κ2) is 10.5. The van der Waals surface area contributed by atoms with Gasteiger partial charge in [-0.05, 0) is 56.9 Å². The van der Waals surface area contributed by atoms with Crippen molar-refractivity contribution in [2.24, 2.45) is 0 Å². The van der Waals surface area contributed by atoms with Gasteiger partial charge in [0.15, 0.2) is 5.78 Å². The lowest BCUT2D eigenvalue weighted by molar-refractivity contribution is -0.143. The molecule has 2 aromatic rings. The third-order valence-electron chi connectivity index (χ3n) is 6.73. The first-order chi connectivity index (χ1) is 17.3. The molecule has 0 saturated heterocycles. The Hall–Kier alpha value is -3.74. The molecular weight excluding hydrogens is 458 g/mol. The van der Waals surface area contributed by atoms with Gasteiger partial charge in [-0.25, -0.2) is 4.79 Å². The van der Waals surface area contributed by atoms with Crippen molar-refractivity contribution in [3.8, 4) is 17.2 Å². The minimum absolute atomic E-state index is 0.00483. The number of carbonyl (C=O) groups is 2. The molecule has 1 aliphatic carbocycles. The number of Topliss-reactive ketones (excluding diaryl/α,β-unsaturated/α-hetero) is 1. The van der Waals surface area contributed by atoms with Gasteiger partial charge in [0.1, 0.15) is 17.2 Å². The second-order valence-corrected chi connectivity index (χ2v) is 9.35. The smallest absolute Gasteiger partial charge is 0.337 e. The molecule has 1 N–H and O–H groups in total. The van der Waals surface area contributed by atoms with E-state index in [0.29, 0.717) is 41.2 Å². The number of carbonyl (C=O) groups excluding carboxylic acids is 2. The first-order valence-electron chi connectivity index (χ1n) is 12.1. The molecule has 0 bridgehead atoms. The Balaban J connectivity index is 1.82. The molecule has 1 heterocycles. The molecule has 0 spiro atoms. The van der Waals surface area contributed by atoms with Crippen LogP contribution in [0.2, 0.25) is 0 Å². The Labute approximate surface area is 212 Å². The highest BCUT2D eigenvalue weighted by Gasteiger charge is 2.42. The highest BCUT2D eigenvalue weighted by atomic mass is 16.5. The maximum atomic E-state index is 13.8. The van der Waals surface area contributed by atoms with E-state index in [4.69, 9.17) is 18.9 Å². The Bertz CT molecular complexity index is 1220. The molecule has 4 rings (SSSR count). The standard InChI is InChI=1S/C29H33NO6/c1-16(2)36-29(32)26-17(3)30-23-13-19(18-7-9-20(33-4)10-8-18)14-24(31)28(23)27(26)22-12-11-21(34-5)15-25(22)35-6/h7-12,15-16,19,27,30H,13-14H2,1-6H3/t19-,27-/m0/s1. The van der Waals surface area contributed by atoms with Crippen molar-refractivity contribution in [3.05, 3.63) is 76.1 Å². The Morgan fingerprint density at radius 1 is 0.944 bits per heavy atom. The molecule has 7 nitrogen and oxygen atoms in total. The SMILES string of the molecule is COc1ccc([C@@H]2CC(=O)C3=C(C2)NC(C)=C(C(=O)OC(C)C)[C@@H]3c2ccc(OC)cc2OC)cc1. The molecule has 0 amide bonds. The fourth-order valence-electron chi connectivity index (χ4n) is 5.07. The zero-order valence-electron chi connectivity index (χ0n) is 21.6. The van der Waals surface area contributed by atoms with Crippen LogP contribution < -0.4 is 19.5 Å². The van der Waals surface area contributed by atoms with Gasteiger partial charge in [0, 0.05) is 35.0 Å². The van der Waals surface area contributed by atoms with Gasteiger partial charge in [0.25, 0.3) is 0 Å². The first kappa shape index (κ1) is 25.4. The highest BCUT2D eigenvalue weighted by molar-refractivity contribution is 6.04. The Kier molecular flexibility index (Phi) is 7.38. The Morgan fingerprint density at radius 3 is 2.22 bits per heavy atom. The lowest BCUT2D eigenvalue weighted by atomic mass is 9.71. The van der Waals surface area contributed by atoms with Crippen molar-refractivity contribution >= 4 is 11.8 Å². The summed E-state index contributed by atoms with van der Waals surface area (Å²) in [7, 11) is 4.78. The van der Waals surface area contributed by atoms with E-state index in [1.807, 2.05) is 57.2 Å². The number of hydrogen-bond donors (Lipinski definition) is 1. The highest BCUT2D eigenvalue weighted by Crippen LogP contribution is 2.48. The van der Waals surface area contributed by atoms with Crippen LogP contribution in [-0.2, 0) is 14.3 Å². The zero-order valence-corrected chi connectivity index (χ0v) is 21.6. The van der Waals surface area contributed by atoms with Crippen LogP contribution in [0, 0.1) is 0 Å². The number of allylic oxidation sites excluding steroid dienone is 3. The summed E-state index contributed by atoms with van der Waals surface area (Å²) in [6.45, 7) is 5.47. The van der Waals surface area contributed by atoms with Gasteiger partial charge in [-0.15, -0.1) is 0 Å². The minimum atomic E-state index is -0.613. The molecule has 0 saturated carbocycles. The number of ketones is 1. The number of rotatable bonds is 7. The van der Waals surface area contributed by atoms with E-state index in [1.165, 1.54) is 0 Å². The second-order valence-electron chi connectivity index (χ2n) is 9.35. The van der Waals surface area contributed by atoms with Crippen molar-refractivity contribution < 1.29 is 28.5 Å². The van der Waals surface area contributed by atoms with Crippen molar-refractivity contribution in [3.63, 3.8) is 0 Å². The van der Waals surface area contributed by atoms with Gasteiger partial charge >= 0.3 is 5.97 Å². The maximum Gasteiger partial charge on any atom is 0.337 e. The van der Waals surface area contributed by atoms with E-state index >= 15 is 0 Å². The van der Waals surface area contributed by atoms with Crippen LogP contribution in [0.3, 0.4) is 0 Å². The molecule has 0 aromatic heterocycles. The fourth-order valence-corrected chi connectivity index (χ4v) is 5.07. The van der Waals surface area contributed by atoms with E-state index in [9.17, 15) is 9.59 Å². The van der Waals surface area contributed by atoms with Crippen LogP contribution in [0.4, 0.5) is 0 Å². The van der Waals surface area contributed by atoms with Crippen molar-refractivity contribution in [1.82, 2.24) is 5.32 Å². The zero-order chi connectivity index (χ0) is 26.0. The predicted molar refractivity (Wildman–Crippen MR) is 136 cm³/mol. The number of hydrogen-bond acceptors (Lipinski definition) is 7. The number of ether oxygens (including phenoxy) is 4. The van der Waals surface area contributed by atoms with Crippen molar-refractivity contribution in [2.75, 3.05) is 21.3 Å². The first-order valence-corrected chi connectivity index (χ1v) is 12.1. The topological polar surface area (TPSA) is 83.1 Å². The predicted octanol–water partition coefficient (Wildman–Crippen LogP) is 5.03. The van der Waals surface area contributed by atoms with Gasteiger partial charge in [-0.1, -0.05) is 18.2 Å². The van der Waals surface area contributed by atoms with Crippen LogP contribution in [0.15, 0.2) is 65.0 Å². The van der Waals surface area contributed by atoms with Crippen LogP contribution in [-0.4, -0.2) is 39.2 Å². The summed E-state index contributed by atoms with van der Waals surface area (Å²) in [5.74, 6) is 0.892. The third kappa shape index (κ3) is 4.83. The van der Waals surface area contributed by atoms with Crippen molar-refractivity contribution in [2.45, 2.75) is 51.6 Å². The number of methoxy groups -OCH3 is 3. The summed E-state index contributed by atoms with van der Waals surface area (Å²) in [5.41, 5.74) is 4.30. The molecule has 2 atom stereocenters. The number of nitrogens with one attached hydrogen (secondary N) is 1. The number of benzene rings is 2. The van der Waals surface area contributed by atoms with Crippen LogP contribution >= 0.6 is 0 Å². The fraction of sp³-hybridized carbons (Fsp3) is 0.379. The maximum absolute atomic E-state index is 13.8. The summed E-state index contributed by atoms with van der Waals surface area (Å²) in [5, 5.41) is 3.38. The molecular formula is C29H33NO6. The van der Waals surface area contributed by atoms with E-state index < -0.39 is 11.9 Å². The van der Waals surface area contributed by atoms with E-state index in [2.05, 4.69) is 5.32 Å². The summed E-state index contributed by atoms with van der Waals surface area (Å²) in [6, 6.07) is 13.3. The average molecular weight is 492 g/mol. The van der Waals surface area contributed by atoms with Gasteiger partial charge in [0.05, 0.1) is 38.9 Å². The van der Waals surface area contributed by atoms with Crippen LogP contribution in [0.25, 0.3) is 0 Å². The average Bonchev–Trinajstić information content (AvgIpc) is 2.86. The van der Waals surface area contributed by atoms with Crippen molar-refractivity contribution in [1.29, 1.82) is 0 Å². The monoisotopic (exact) mass is 491 g/mol. The summed E-state index contributed by atoms with van der Waals surface area (Å²) >= 11 is 0. The van der Waals surface area contributed by atoms with E-state index in [1.54, 1.807) is 27.4 Å². The normalized spacial score (nSPS) is 19.6. The summed E-state index contributed by atoms with van der Waals surface area (Å²) in [6.07, 6.45) is 0.688. The molecule has 1 aliphatic heterocycles. The lowest BCUT2D eigenvalue weighted by Gasteiger charge is -2.37. The summed E-state index contributed by atoms with van der Waals surface area (Å²) < 4.78 is 22.0. The molecule has 36 heavy (non-hydrogen) atoms. The molecule has 2 aromatic carbocycles. The summed E-state index contributed by atoms with van der Waals surface area (Å²) in [4.78, 5) is 27.1. The molecule has 0 fully saturated rings. The van der Waals surface area contributed by atoms with Gasteiger partial charge in [-0.3, -0.25) is 4.79 Å². The molecule has 0 radical (unpaired) electrons. The van der Waals surface area contributed by atoms with Crippen LogP contribution in [0.1, 0.15) is 56.6 Å². The largest absolute Gasteiger partial charge is 0.497 e. The van der Waals surface area contributed by atoms with Gasteiger partial charge in [0.2, 0.25) is 0 Å². The van der Waals surface area contributed by atoms with Gasteiger partial charge < -0.3 is 24.3 Å².